The van der Waals surface area contributed by atoms with Crippen molar-refractivity contribution in [3.8, 4) is 0 Å². The number of amides is 2. The average Bonchev–Trinajstić information content (AvgIpc) is 2.73. The van der Waals surface area contributed by atoms with Crippen molar-refractivity contribution in [1.29, 1.82) is 0 Å². The maximum atomic E-state index is 13.7. The normalized spacial score (nSPS) is 12.8. The van der Waals surface area contributed by atoms with E-state index in [-0.39, 0.29) is 18.4 Å². The van der Waals surface area contributed by atoms with Gasteiger partial charge in [0.05, 0.1) is 11.9 Å². The molecule has 0 radical (unpaired) electrons. The van der Waals surface area contributed by atoms with Gasteiger partial charge in [-0.1, -0.05) is 60.1 Å². The van der Waals surface area contributed by atoms with Gasteiger partial charge in [-0.25, -0.2) is 8.42 Å². The highest BCUT2D eigenvalue weighted by Gasteiger charge is 2.32. The summed E-state index contributed by atoms with van der Waals surface area (Å²) >= 11 is 3.44. The Balaban J connectivity index is 2.47. The van der Waals surface area contributed by atoms with Gasteiger partial charge in [0.2, 0.25) is 21.8 Å². The minimum Gasteiger partial charge on any atom is -0.350 e. The van der Waals surface area contributed by atoms with Gasteiger partial charge in [-0.15, -0.1) is 0 Å². The van der Waals surface area contributed by atoms with Crippen LogP contribution in [-0.2, 0) is 26.2 Å². The van der Waals surface area contributed by atoms with Crippen LogP contribution in [0.2, 0.25) is 0 Å². The van der Waals surface area contributed by atoms with E-state index in [1.807, 2.05) is 71.0 Å². The molecule has 7 nitrogen and oxygen atoms in total. The van der Waals surface area contributed by atoms with Gasteiger partial charge in [0.25, 0.3) is 0 Å². The van der Waals surface area contributed by atoms with E-state index >= 15 is 0 Å². The topological polar surface area (TPSA) is 86.8 Å². The van der Waals surface area contributed by atoms with E-state index in [1.165, 1.54) is 4.90 Å². The molecule has 0 fully saturated rings. The lowest BCUT2D eigenvalue weighted by atomic mass is 10.0. The van der Waals surface area contributed by atoms with Crippen LogP contribution in [0.25, 0.3) is 0 Å². The minimum absolute atomic E-state index is 0.0554. The first-order valence-electron chi connectivity index (χ1n) is 11.5. The van der Waals surface area contributed by atoms with E-state index in [2.05, 4.69) is 21.2 Å². The number of hydrogen-bond donors (Lipinski definition) is 1. The first-order valence-corrected chi connectivity index (χ1v) is 14.2. The van der Waals surface area contributed by atoms with Crippen molar-refractivity contribution in [2.75, 3.05) is 17.1 Å². The molecule has 0 saturated carbocycles. The number of carbonyl (C=O) groups is 2. The highest BCUT2D eigenvalue weighted by atomic mass is 79.9. The molecule has 1 N–H and O–H groups in total. The molecular weight excluding hydrogens is 530 g/mol. The molecule has 0 aliphatic carbocycles. The average molecular weight is 567 g/mol. The van der Waals surface area contributed by atoms with E-state index < -0.39 is 34.1 Å². The van der Waals surface area contributed by atoms with Crippen LogP contribution in [0.5, 0.6) is 0 Å². The first kappa shape index (κ1) is 28.8. The maximum absolute atomic E-state index is 13.7. The molecule has 0 spiro atoms. The number of carbonyl (C=O) groups excluding carboxylic acids is 2. The summed E-state index contributed by atoms with van der Waals surface area (Å²) in [6.07, 6.45) is 1.09. The predicted molar refractivity (Wildman–Crippen MR) is 145 cm³/mol. The Labute approximate surface area is 218 Å². The standard InChI is InChI=1S/C26H36BrN3O4S/c1-18(2)22-13-8-9-14-23(22)30(35(7,33)34)17-24(31)29(16-20-11-10-12-21(27)15-20)19(3)25(32)28-26(4,5)6/h8-15,18-19H,16-17H2,1-7H3,(H,28,32). The molecule has 9 heteroatoms. The molecule has 35 heavy (non-hydrogen) atoms. The van der Waals surface area contributed by atoms with Crippen LogP contribution < -0.4 is 9.62 Å². The maximum Gasteiger partial charge on any atom is 0.244 e. The lowest BCUT2D eigenvalue weighted by molar-refractivity contribution is -0.140. The van der Waals surface area contributed by atoms with Gasteiger partial charge in [0, 0.05) is 16.6 Å². The van der Waals surface area contributed by atoms with Gasteiger partial charge in [-0.2, -0.15) is 0 Å². The second-order valence-electron chi connectivity index (χ2n) is 10.0. The van der Waals surface area contributed by atoms with Gasteiger partial charge < -0.3 is 10.2 Å². The number of para-hydroxylation sites is 1. The van der Waals surface area contributed by atoms with Crippen molar-refractivity contribution >= 4 is 43.5 Å². The summed E-state index contributed by atoms with van der Waals surface area (Å²) in [7, 11) is -3.78. The van der Waals surface area contributed by atoms with E-state index in [0.29, 0.717) is 5.69 Å². The molecule has 1 atom stereocenters. The second kappa shape index (κ2) is 11.6. The fourth-order valence-corrected chi connectivity index (χ4v) is 5.00. The molecular formula is C26H36BrN3O4S. The first-order chi connectivity index (χ1) is 16.1. The summed E-state index contributed by atoms with van der Waals surface area (Å²) in [6, 6.07) is 13.8. The predicted octanol–water partition coefficient (Wildman–Crippen LogP) is 4.67. The van der Waals surface area contributed by atoms with Crippen molar-refractivity contribution in [2.24, 2.45) is 0 Å². The number of nitrogens with one attached hydrogen (secondary N) is 1. The Morgan fingerprint density at radius 1 is 1.03 bits per heavy atom. The Bertz CT molecular complexity index is 1160. The Morgan fingerprint density at radius 3 is 2.20 bits per heavy atom. The van der Waals surface area contributed by atoms with Crippen molar-refractivity contribution in [3.05, 3.63) is 64.1 Å². The highest BCUT2D eigenvalue weighted by molar-refractivity contribution is 9.10. The van der Waals surface area contributed by atoms with E-state index in [0.717, 1.165) is 26.2 Å². The SMILES string of the molecule is CC(C)c1ccccc1N(CC(=O)N(Cc1cccc(Br)c1)C(C)C(=O)NC(C)(C)C)S(C)(=O)=O. The second-order valence-corrected chi connectivity index (χ2v) is 12.9. The number of hydrogen-bond acceptors (Lipinski definition) is 4. The van der Waals surface area contributed by atoms with Crippen molar-refractivity contribution in [3.63, 3.8) is 0 Å². The molecule has 1 unspecified atom stereocenters. The van der Waals surface area contributed by atoms with Crippen molar-refractivity contribution in [1.82, 2.24) is 10.2 Å². The molecule has 2 aromatic carbocycles. The number of nitrogens with zero attached hydrogens (tertiary/aromatic N) is 2. The summed E-state index contributed by atoms with van der Waals surface area (Å²) in [5.74, 6) is -0.723. The number of rotatable bonds is 9. The zero-order valence-corrected chi connectivity index (χ0v) is 23.9. The van der Waals surface area contributed by atoms with Gasteiger partial charge >= 0.3 is 0 Å². The summed E-state index contributed by atoms with van der Waals surface area (Å²) in [6.45, 7) is 10.9. The number of benzene rings is 2. The summed E-state index contributed by atoms with van der Waals surface area (Å²) in [5, 5.41) is 2.92. The van der Waals surface area contributed by atoms with Crippen LogP contribution in [0, 0.1) is 0 Å². The van der Waals surface area contributed by atoms with Gasteiger partial charge in [0.1, 0.15) is 12.6 Å². The van der Waals surface area contributed by atoms with Crippen LogP contribution in [0.1, 0.15) is 58.6 Å². The molecule has 0 bridgehead atoms. The Kier molecular flexibility index (Phi) is 9.53. The molecule has 2 rings (SSSR count). The quantitative estimate of drug-likeness (QED) is 0.478. The number of anilines is 1. The smallest absolute Gasteiger partial charge is 0.244 e. The minimum atomic E-state index is -3.78. The van der Waals surface area contributed by atoms with Crippen molar-refractivity contribution in [2.45, 2.75) is 65.6 Å². The van der Waals surface area contributed by atoms with Crippen LogP contribution in [-0.4, -0.2) is 49.5 Å². The van der Waals surface area contributed by atoms with E-state index in [1.54, 1.807) is 19.1 Å². The highest BCUT2D eigenvalue weighted by Crippen LogP contribution is 2.29. The Morgan fingerprint density at radius 2 is 1.66 bits per heavy atom. The summed E-state index contributed by atoms with van der Waals surface area (Å²) in [5.41, 5.74) is 1.62. The Hall–Kier alpha value is -2.39. The molecule has 0 aliphatic heterocycles. The molecule has 2 amide bonds. The largest absolute Gasteiger partial charge is 0.350 e. The molecule has 0 heterocycles. The number of halogens is 1. The van der Waals surface area contributed by atoms with E-state index in [9.17, 15) is 18.0 Å². The van der Waals surface area contributed by atoms with Crippen LogP contribution in [0.4, 0.5) is 5.69 Å². The van der Waals surface area contributed by atoms with Crippen LogP contribution in [0.3, 0.4) is 0 Å². The van der Waals surface area contributed by atoms with Gasteiger partial charge in [-0.05, 0) is 62.9 Å². The number of sulfonamides is 1. The molecule has 192 valence electrons. The zero-order valence-electron chi connectivity index (χ0n) is 21.5. The third kappa shape index (κ3) is 8.35. The third-order valence-electron chi connectivity index (χ3n) is 5.41. The summed E-state index contributed by atoms with van der Waals surface area (Å²) < 4.78 is 27.6. The zero-order chi connectivity index (χ0) is 26.6. The summed E-state index contributed by atoms with van der Waals surface area (Å²) in [4.78, 5) is 28.1. The monoisotopic (exact) mass is 565 g/mol. The lowest BCUT2D eigenvalue weighted by Gasteiger charge is -2.33. The third-order valence-corrected chi connectivity index (χ3v) is 7.03. The fraction of sp³-hybridized carbons (Fsp3) is 0.462. The molecule has 2 aromatic rings. The molecule has 0 aromatic heterocycles. The molecule has 0 aliphatic rings. The lowest BCUT2D eigenvalue weighted by Crippen LogP contribution is -2.54. The van der Waals surface area contributed by atoms with Gasteiger partial charge in [-0.3, -0.25) is 13.9 Å². The van der Waals surface area contributed by atoms with Crippen molar-refractivity contribution < 1.29 is 18.0 Å². The van der Waals surface area contributed by atoms with E-state index in [4.69, 9.17) is 0 Å². The van der Waals surface area contributed by atoms with Gasteiger partial charge in [0.15, 0.2) is 0 Å². The van der Waals surface area contributed by atoms with Crippen LogP contribution >= 0.6 is 15.9 Å². The molecule has 0 saturated heterocycles. The van der Waals surface area contributed by atoms with Crippen LogP contribution in [0.15, 0.2) is 53.0 Å². The fourth-order valence-electron chi connectivity index (χ4n) is 3.69.